The van der Waals surface area contributed by atoms with E-state index in [-0.39, 0.29) is 17.3 Å². The third-order valence-electron chi connectivity index (χ3n) is 8.86. The van der Waals surface area contributed by atoms with Crippen molar-refractivity contribution in [3.8, 4) is 22.1 Å². The van der Waals surface area contributed by atoms with Gasteiger partial charge in [0.05, 0.1) is 5.69 Å². The Morgan fingerprint density at radius 2 is 1.80 bits per heavy atom. The molecule has 0 saturated carbocycles. The largest absolute Gasteiger partial charge is 0.504 e. The molecular formula is C30H26N2O2S. The van der Waals surface area contributed by atoms with Crippen LogP contribution in [0.2, 0.25) is 0 Å². The van der Waals surface area contributed by atoms with Gasteiger partial charge < -0.3 is 9.84 Å². The van der Waals surface area contributed by atoms with Gasteiger partial charge in [0.1, 0.15) is 5.01 Å². The maximum atomic E-state index is 10.8. The molecular weight excluding hydrogens is 452 g/mol. The van der Waals surface area contributed by atoms with Crippen LogP contribution in [0.25, 0.3) is 10.6 Å². The molecule has 0 radical (unpaired) electrons. The lowest BCUT2D eigenvalue weighted by atomic mass is 9.52. The zero-order valence-corrected chi connectivity index (χ0v) is 20.2. The molecule has 0 unspecified atom stereocenters. The predicted molar refractivity (Wildman–Crippen MR) is 137 cm³/mol. The minimum atomic E-state index is -0.117. The van der Waals surface area contributed by atoms with E-state index in [0.29, 0.717) is 12.0 Å². The normalized spacial score (nSPS) is 27.7. The van der Waals surface area contributed by atoms with Crippen molar-refractivity contribution in [2.24, 2.45) is 5.92 Å². The van der Waals surface area contributed by atoms with Gasteiger partial charge in [-0.2, -0.15) is 0 Å². The summed E-state index contributed by atoms with van der Waals surface area (Å²) in [5.41, 5.74) is 6.17. The van der Waals surface area contributed by atoms with Gasteiger partial charge in [-0.1, -0.05) is 66.7 Å². The molecule has 1 aromatic heterocycles. The number of nitrogens with zero attached hydrogens (tertiary/aromatic N) is 2. The lowest BCUT2D eigenvalue weighted by molar-refractivity contribution is -0.0386. The van der Waals surface area contributed by atoms with Crippen LogP contribution in [-0.2, 0) is 24.8 Å². The molecule has 35 heavy (non-hydrogen) atoms. The minimum Gasteiger partial charge on any atom is -0.504 e. The number of thiazole rings is 1. The molecule has 174 valence electrons. The van der Waals surface area contributed by atoms with Gasteiger partial charge in [0.15, 0.2) is 17.6 Å². The molecule has 1 saturated heterocycles. The Balaban J connectivity index is 1.28. The Kier molecular flexibility index (Phi) is 4.12. The highest BCUT2D eigenvalue weighted by molar-refractivity contribution is 7.15. The standard InChI is InChI=1S/C30H26N2O2S/c33-23-12-11-20-15-22-21-16-24-26(31-29(35-24)19-9-5-2-6-10-19)28-30(21,25(20)27(23)34-28)13-14-32(22)17-18-7-3-1-4-8-18/h1-12,21-22,28,33H,13-17H2/t21-,22+,28-,30-/m0/s1. The lowest BCUT2D eigenvalue weighted by Gasteiger charge is -2.57. The highest BCUT2D eigenvalue weighted by Crippen LogP contribution is 2.67. The highest BCUT2D eigenvalue weighted by atomic mass is 32.1. The van der Waals surface area contributed by atoms with Crippen LogP contribution in [0.1, 0.15) is 39.8 Å². The molecule has 2 aliphatic heterocycles. The van der Waals surface area contributed by atoms with Crippen molar-refractivity contribution in [1.82, 2.24) is 9.88 Å². The molecule has 2 bridgehead atoms. The SMILES string of the molecule is Oc1ccc2c3c1O[C@H]1c4nc(-c5ccccc5)sc4C[C@H]4[C@@H](C2)N(Cc2ccccc2)CC[C@]314. The smallest absolute Gasteiger partial charge is 0.166 e. The molecule has 3 heterocycles. The third kappa shape index (κ3) is 2.68. The minimum absolute atomic E-state index is 0.103. The van der Waals surface area contributed by atoms with Gasteiger partial charge in [-0.25, -0.2) is 4.98 Å². The zero-order chi connectivity index (χ0) is 23.1. The number of hydrogen-bond donors (Lipinski definition) is 1. The second-order valence-electron chi connectivity index (χ2n) is 10.5. The molecule has 1 spiro atoms. The van der Waals surface area contributed by atoms with Gasteiger partial charge in [-0.05, 0) is 48.9 Å². The van der Waals surface area contributed by atoms with Crippen LogP contribution in [0.15, 0.2) is 72.8 Å². The van der Waals surface area contributed by atoms with Crippen LogP contribution in [0.3, 0.4) is 0 Å². The molecule has 4 nitrogen and oxygen atoms in total. The fourth-order valence-electron chi connectivity index (χ4n) is 7.43. The maximum Gasteiger partial charge on any atom is 0.166 e. The van der Waals surface area contributed by atoms with Crippen LogP contribution >= 0.6 is 11.3 Å². The number of fused-ring (bicyclic) bond motifs is 2. The van der Waals surface area contributed by atoms with Gasteiger partial charge in [-0.15, -0.1) is 11.3 Å². The van der Waals surface area contributed by atoms with Crippen molar-refractivity contribution in [2.45, 2.75) is 43.4 Å². The number of aromatic nitrogens is 1. The summed E-state index contributed by atoms with van der Waals surface area (Å²) in [5.74, 6) is 1.45. The topological polar surface area (TPSA) is 45.6 Å². The van der Waals surface area contributed by atoms with Gasteiger partial charge in [0.25, 0.3) is 0 Å². The summed E-state index contributed by atoms with van der Waals surface area (Å²) in [4.78, 5) is 9.26. The fourth-order valence-corrected chi connectivity index (χ4v) is 8.58. The van der Waals surface area contributed by atoms with Crippen molar-refractivity contribution in [3.63, 3.8) is 0 Å². The number of benzene rings is 3. The third-order valence-corrected chi connectivity index (χ3v) is 10.0. The molecule has 8 rings (SSSR count). The Bertz CT molecular complexity index is 1450. The van der Waals surface area contributed by atoms with Crippen molar-refractivity contribution < 1.29 is 9.84 Å². The average Bonchev–Trinajstić information content (AvgIpc) is 3.47. The summed E-state index contributed by atoms with van der Waals surface area (Å²) in [7, 11) is 0. The molecule has 5 heteroatoms. The van der Waals surface area contributed by atoms with Crippen molar-refractivity contribution >= 4 is 11.3 Å². The van der Waals surface area contributed by atoms with E-state index in [1.807, 2.05) is 17.4 Å². The molecule has 0 amide bonds. The monoisotopic (exact) mass is 478 g/mol. The second-order valence-corrected chi connectivity index (χ2v) is 11.6. The van der Waals surface area contributed by atoms with Gasteiger partial charge in [0.2, 0.25) is 0 Å². The van der Waals surface area contributed by atoms with Crippen LogP contribution in [0, 0.1) is 5.92 Å². The highest BCUT2D eigenvalue weighted by Gasteiger charge is 2.65. The number of ether oxygens (including phenoxy) is 1. The summed E-state index contributed by atoms with van der Waals surface area (Å²) in [6.07, 6.45) is 2.96. The number of rotatable bonds is 3. The molecule has 2 aliphatic carbocycles. The number of aromatic hydroxyl groups is 1. The summed E-state index contributed by atoms with van der Waals surface area (Å²) in [6.45, 7) is 2.02. The summed E-state index contributed by atoms with van der Waals surface area (Å²) in [5, 5.41) is 11.9. The predicted octanol–water partition coefficient (Wildman–Crippen LogP) is 5.89. The summed E-state index contributed by atoms with van der Waals surface area (Å²) >= 11 is 1.83. The molecule has 4 atom stereocenters. The van der Waals surface area contributed by atoms with Gasteiger partial charge in [0, 0.05) is 34.0 Å². The first-order valence-corrected chi connectivity index (χ1v) is 13.4. The van der Waals surface area contributed by atoms with E-state index in [0.717, 1.165) is 48.8 Å². The van der Waals surface area contributed by atoms with E-state index in [2.05, 4.69) is 71.6 Å². The zero-order valence-electron chi connectivity index (χ0n) is 19.4. The summed E-state index contributed by atoms with van der Waals surface area (Å²) < 4.78 is 6.71. The van der Waals surface area contributed by atoms with Gasteiger partial charge in [-0.3, -0.25) is 4.90 Å². The van der Waals surface area contributed by atoms with E-state index in [9.17, 15) is 5.11 Å². The van der Waals surface area contributed by atoms with E-state index in [1.54, 1.807) is 0 Å². The number of piperidine rings is 1. The Hall–Kier alpha value is -3.15. The Morgan fingerprint density at radius 3 is 2.63 bits per heavy atom. The second kappa shape index (κ2) is 7.19. The maximum absolute atomic E-state index is 10.8. The van der Waals surface area contributed by atoms with Crippen molar-refractivity contribution in [1.29, 1.82) is 0 Å². The molecule has 1 N–H and O–H groups in total. The Labute approximate surface area is 208 Å². The lowest BCUT2D eigenvalue weighted by Crippen LogP contribution is -2.62. The number of phenolic OH excluding ortho intramolecular Hbond substituents is 1. The van der Waals surface area contributed by atoms with Crippen LogP contribution in [-0.4, -0.2) is 27.6 Å². The van der Waals surface area contributed by atoms with E-state index in [1.165, 1.54) is 27.1 Å². The molecule has 4 aromatic rings. The fraction of sp³-hybridized carbons (Fsp3) is 0.300. The van der Waals surface area contributed by atoms with Crippen molar-refractivity contribution in [2.75, 3.05) is 6.54 Å². The first kappa shape index (κ1) is 20.1. The van der Waals surface area contributed by atoms with E-state index >= 15 is 0 Å². The molecule has 3 aromatic carbocycles. The number of hydrogen-bond acceptors (Lipinski definition) is 5. The number of likely N-dealkylation sites (tertiary alicyclic amines) is 1. The van der Waals surface area contributed by atoms with E-state index < -0.39 is 0 Å². The molecule has 1 fully saturated rings. The van der Waals surface area contributed by atoms with Crippen LogP contribution in [0.5, 0.6) is 11.5 Å². The van der Waals surface area contributed by atoms with Gasteiger partial charge >= 0.3 is 0 Å². The quantitative estimate of drug-likeness (QED) is 0.399. The van der Waals surface area contributed by atoms with Crippen LogP contribution in [0.4, 0.5) is 0 Å². The summed E-state index contributed by atoms with van der Waals surface area (Å²) in [6, 6.07) is 25.8. The number of phenols is 1. The Morgan fingerprint density at radius 1 is 1.00 bits per heavy atom. The molecule has 4 aliphatic rings. The first-order valence-electron chi connectivity index (χ1n) is 12.6. The first-order chi connectivity index (χ1) is 17.2. The van der Waals surface area contributed by atoms with Crippen molar-refractivity contribution in [3.05, 3.63) is 100 Å². The van der Waals surface area contributed by atoms with E-state index in [4.69, 9.17) is 9.72 Å². The average molecular weight is 479 g/mol. The van der Waals surface area contributed by atoms with Crippen LogP contribution < -0.4 is 4.74 Å².